The lowest BCUT2D eigenvalue weighted by Gasteiger charge is -2.33. The van der Waals surface area contributed by atoms with Crippen molar-refractivity contribution >= 4 is 5.91 Å². The summed E-state index contributed by atoms with van der Waals surface area (Å²) in [5, 5.41) is 0. The van der Waals surface area contributed by atoms with Crippen LogP contribution in [0.3, 0.4) is 0 Å². The first-order valence-corrected chi connectivity index (χ1v) is 6.17. The number of rotatable bonds is 4. The number of nitrogens with two attached hydrogens (primary N) is 1. The number of halogens is 1. The van der Waals surface area contributed by atoms with Gasteiger partial charge in [-0.2, -0.15) is 0 Å². The Kier molecular flexibility index (Phi) is 4.84. The SMILES string of the molecule is CC(C)N(C(=O)C(N)c1ccc(F)cc1)C(C)C. The zero-order chi connectivity index (χ0) is 13.9. The summed E-state index contributed by atoms with van der Waals surface area (Å²) in [7, 11) is 0. The molecule has 3 nitrogen and oxygen atoms in total. The fourth-order valence-electron chi connectivity index (χ4n) is 2.08. The molecule has 18 heavy (non-hydrogen) atoms. The minimum atomic E-state index is -0.740. The average molecular weight is 252 g/mol. The van der Waals surface area contributed by atoms with Gasteiger partial charge in [-0.3, -0.25) is 4.79 Å². The molecule has 0 radical (unpaired) electrons. The molecule has 0 fully saturated rings. The average Bonchev–Trinajstić information content (AvgIpc) is 2.28. The first-order chi connectivity index (χ1) is 8.34. The van der Waals surface area contributed by atoms with Gasteiger partial charge in [0.05, 0.1) is 0 Å². The summed E-state index contributed by atoms with van der Waals surface area (Å²) in [6, 6.07) is 5.17. The molecule has 1 unspecified atom stereocenters. The van der Waals surface area contributed by atoms with E-state index in [2.05, 4.69) is 0 Å². The monoisotopic (exact) mass is 252 g/mol. The van der Waals surface area contributed by atoms with Crippen molar-refractivity contribution in [2.45, 2.75) is 45.8 Å². The van der Waals surface area contributed by atoms with Crippen LogP contribution in [-0.4, -0.2) is 22.9 Å². The van der Waals surface area contributed by atoms with Crippen molar-refractivity contribution in [3.8, 4) is 0 Å². The zero-order valence-corrected chi connectivity index (χ0v) is 11.4. The number of hydrogen-bond donors (Lipinski definition) is 1. The Bertz CT molecular complexity index is 393. The fourth-order valence-corrected chi connectivity index (χ4v) is 2.08. The molecular formula is C14H21FN2O. The molecule has 0 aliphatic rings. The Morgan fingerprint density at radius 2 is 1.56 bits per heavy atom. The van der Waals surface area contributed by atoms with E-state index in [9.17, 15) is 9.18 Å². The van der Waals surface area contributed by atoms with Crippen molar-refractivity contribution in [3.63, 3.8) is 0 Å². The van der Waals surface area contributed by atoms with Crippen LogP contribution in [0.5, 0.6) is 0 Å². The van der Waals surface area contributed by atoms with Gasteiger partial charge in [-0.15, -0.1) is 0 Å². The molecular weight excluding hydrogens is 231 g/mol. The lowest BCUT2D eigenvalue weighted by molar-refractivity contribution is -0.136. The van der Waals surface area contributed by atoms with Crippen LogP contribution in [0.15, 0.2) is 24.3 Å². The molecule has 0 saturated carbocycles. The highest BCUT2D eigenvalue weighted by Crippen LogP contribution is 2.17. The predicted octanol–water partition coefficient (Wildman–Crippen LogP) is 2.47. The molecule has 0 saturated heterocycles. The van der Waals surface area contributed by atoms with Crippen LogP contribution >= 0.6 is 0 Å². The molecule has 1 aromatic rings. The molecule has 1 atom stereocenters. The first kappa shape index (κ1) is 14.6. The summed E-state index contributed by atoms with van der Waals surface area (Å²) < 4.78 is 12.8. The van der Waals surface area contributed by atoms with E-state index in [1.807, 2.05) is 27.7 Å². The Labute approximate surface area is 108 Å². The number of carbonyl (C=O) groups excluding carboxylic acids is 1. The van der Waals surface area contributed by atoms with Gasteiger partial charge in [0, 0.05) is 12.1 Å². The van der Waals surface area contributed by atoms with Crippen molar-refractivity contribution in [1.29, 1.82) is 0 Å². The van der Waals surface area contributed by atoms with Crippen LogP contribution in [0, 0.1) is 5.82 Å². The van der Waals surface area contributed by atoms with Crippen LogP contribution in [0.2, 0.25) is 0 Å². The van der Waals surface area contributed by atoms with Gasteiger partial charge in [-0.1, -0.05) is 12.1 Å². The quantitative estimate of drug-likeness (QED) is 0.894. The van der Waals surface area contributed by atoms with Crippen molar-refractivity contribution in [1.82, 2.24) is 4.90 Å². The van der Waals surface area contributed by atoms with Gasteiger partial charge in [-0.05, 0) is 45.4 Å². The Hall–Kier alpha value is -1.42. The molecule has 0 aliphatic carbocycles. The van der Waals surface area contributed by atoms with Gasteiger partial charge >= 0.3 is 0 Å². The number of benzene rings is 1. The molecule has 0 aliphatic heterocycles. The van der Waals surface area contributed by atoms with E-state index in [1.165, 1.54) is 12.1 Å². The van der Waals surface area contributed by atoms with E-state index in [1.54, 1.807) is 17.0 Å². The minimum Gasteiger partial charge on any atom is -0.336 e. The number of carbonyl (C=O) groups is 1. The van der Waals surface area contributed by atoms with E-state index in [0.29, 0.717) is 5.56 Å². The largest absolute Gasteiger partial charge is 0.336 e. The third kappa shape index (κ3) is 3.29. The summed E-state index contributed by atoms with van der Waals surface area (Å²) in [5.74, 6) is -0.463. The summed E-state index contributed by atoms with van der Waals surface area (Å²) in [6.07, 6.45) is 0. The van der Waals surface area contributed by atoms with Gasteiger partial charge in [0.25, 0.3) is 0 Å². The maximum Gasteiger partial charge on any atom is 0.244 e. The standard InChI is InChI=1S/C14H21FN2O/c1-9(2)17(10(3)4)14(18)13(16)11-5-7-12(15)8-6-11/h5-10,13H,16H2,1-4H3. The molecule has 100 valence electrons. The van der Waals surface area contributed by atoms with Gasteiger partial charge in [0.15, 0.2) is 0 Å². The van der Waals surface area contributed by atoms with Crippen LogP contribution < -0.4 is 5.73 Å². The third-order valence-electron chi connectivity index (χ3n) is 2.86. The molecule has 0 aromatic heterocycles. The highest BCUT2D eigenvalue weighted by molar-refractivity contribution is 5.83. The predicted molar refractivity (Wildman–Crippen MR) is 70.4 cm³/mol. The second-order valence-electron chi connectivity index (χ2n) is 4.96. The highest BCUT2D eigenvalue weighted by Gasteiger charge is 2.26. The van der Waals surface area contributed by atoms with Gasteiger partial charge in [0.1, 0.15) is 11.9 Å². The molecule has 4 heteroatoms. The fraction of sp³-hybridized carbons (Fsp3) is 0.500. The molecule has 2 N–H and O–H groups in total. The van der Waals surface area contributed by atoms with Gasteiger partial charge in [-0.25, -0.2) is 4.39 Å². The zero-order valence-electron chi connectivity index (χ0n) is 11.4. The summed E-state index contributed by atoms with van der Waals surface area (Å²) >= 11 is 0. The molecule has 1 amide bonds. The second-order valence-corrected chi connectivity index (χ2v) is 4.96. The van der Waals surface area contributed by atoms with Crippen LogP contribution in [-0.2, 0) is 4.79 Å². The van der Waals surface area contributed by atoms with Crippen molar-refractivity contribution in [2.75, 3.05) is 0 Å². The first-order valence-electron chi connectivity index (χ1n) is 6.17. The second kappa shape index (κ2) is 5.96. The lowest BCUT2D eigenvalue weighted by Crippen LogP contribution is -2.46. The molecule has 1 rings (SSSR count). The Balaban J connectivity index is 2.91. The summed E-state index contributed by atoms with van der Waals surface area (Å²) in [6.45, 7) is 7.81. The van der Waals surface area contributed by atoms with Crippen LogP contribution in [0.25, 0.3) is 0 Å². The summed E-state index contributed by atoms with van der Waals surface area (Å²) in [4.78, 5) is 14.1. The van der Waals surface area contributed by atoms with Crippen molar-refractivity contribution in [2.24, 2.45) is 5.73 Å². The Morgan fingerprint density at radius 1 is 1.11 bits per heavy atom. The number of nitrogens with zero attached hydrogens (tertiary/aromatic N) is 1. The lowest BCUT2D eigenvalue weighted by atomic mass is 10.0. The topological polar surface area (TPSA) is 46.3 Å². The Morgan fingerprint density at radius 3 is 1.94 bits per heavy atom. The number of hydrogen-bond acceptors (Lipinski definition) is 2. The smallest absolute Gasteiger partial charge is 0.244 e. The highest BCUT2D eigenvalue weighted by atomic mass is 19.1. The third-order valence-corrected chi connectivity index (χ3v) is 2.86. The maximum absolute atomic E-state index is 12.8. The van der Waals surface area contributed by atoms with E-state index in [4.69, 9.17) is 5.73 Å². The van der Waals surface area contributed by atoms with Crippen molar-refractivity contribution in [3.05, 3.63) is 35.6 Å². The van der Waals surface area contributed by atoms with Crippen molar-refractivity contribution < 1.29 is 9.18 Å². The molecule has 0 spiro atoms. The van der Waals surface area contributed by atoms with Gasteiger partial charge < -0.3 is 10.6 Å². The maximum atomic E-state index is 12.8. The number of amides is 1. The van der Waals surface area contributed by atoms with Crippen LogP contribution in [0.4, 0.5) is 4.39 Å². The van der Waals surface area contributed by atoms with Crippen LogP contribution in [0.1, 0.15) is 39.3 Å². The van der Waals surface area contributed by atoms with E-state index in [-0.39, 0.29) is 23.8 Å². The van der Waals surface area contributed by atoms with E-state index in [0.717, 1.165) is 0 Å². The molecule has 0 heterocycles. The van der Waals surface area contributed by atoms with Gasteiger partial charge in [0.2, 0.25) is 5.91 Å². The summed E-state index contributed by atoms with van der Waals surface area (Å²) in [5.41, 5.74) is 6.58. The van der Waals surface area contributed by atoms with E-state index < -0.39 is 6.04 Å². The molecule has 0 bridgehead atoms. The normalized spacial score (nSPS) is 12.9. The van der Waals surface area contributed by atoms with E-state index >= 15 is 0 Å². The molecule has 1 aromatic carbocycles. The minimum absolute atomic E-state index is 0.0870.